The number of hydrogen-bond donors (Lipinski definition) is 1. The Balaban J connectivity index is 1.87. The highest BCUT2D eigenvalue weighted by Crippen LogP contribution is 2.23. The third-order valence-corrected chi connectivity index (χ3v) is 7.16. The van der Waals surface area contributed by atoms with Gasteiger partial charge in [0.05, 0.1) is 15.7 Å². The second-order valence-electron chi connectivity index (χ2n) is 7.01. The molecular formula is C22H20FNO5S2. The van der Waals surface area contributed by atoms with Crippen LogP contribution in [-0.4, -0.2) is 29.0 Å². The van der Waals surface area contributed by atoms with E-state index in [1.807, 2.05) is 0 Å². The van der Waals surface area contributed by atoms with Crippen molar-refractivity contribution in [1.29, 1.82) is 0 Å². The molecule has 31 heavy (non-hydrogen) atoms. The minimum absolute atomic E-state index is 0.0313. The van der Waals surface area contributed by atoms with Crippen LogP contribution < -0.4 is 4.72 Å². The summed E-state index contributed by atoms with van der Waals surface area (Å²) in [6.07, 6.45) is 1.18. The summed E-state index contributed by atoms with van der Waals surface area (Å²) in [6.45, 7) is 0. The lowest BCUT2D eigenvalue weighted by Crippen LogP contribution is -2.35. The van der Waals surface area contributed by atoms with E-state index in [1.165, 1.54) is 36.4 Å². The van der Waals surface area contributed by atoms with E-state index in [4.69, 9.17) is 0 Å². The topological polar surface area (TPSA) is 97.4 Å². The van der Waals surface area contributed by atoms with Crippen molar-refractivity contribution in [3.05, 3.63) is 95.8 Å². The maximum atomic E-state index is 13.2. The van der Waals surface area contributed by atoms with Gasteiger partial charge in [0.2, 0.25) is 5.91 Å². The quantitative estimate of drug-likeness (QED) is 0.583. The maximum Gasteiger partial charge on any atom is 0.264 e. The molecule has 3 rings (SSSR count). The van der Waals surface area contributed by atoms with Gasteiger partial charge in [-0.15, -0.1) is 0 Å². The lowest BCUT2D eigenvalue weighted by atomic mass is 9.91. The Morgan fingerprint density at radius 3 is 1.94 bits per heavy atom. The van der Waals surface area contributed by atoms with Gasteiger partial charge in [0, 0.05) is 6.26 Å². The molecule has 0 fully saturated rings. The van der Waals surface area contributed by atoms with Crippen molar-refractivity contribution < 1.29 is 26.0 Å². The van der Waals surface area contributed by atoms with Crippen molar-refractivity contribution in [1.82, 2.24) is 4.72 Å². The molecule has 9 heteroatoms. The van der Waals surface area contributed by atoms with Crippen LogP contribution in [0.5, 0.6) is 0 Å². The fourth-order valence-corrected chi connectivity index (χ4v) is 4.68. The van der Waals surface area contributed by atoms with E-state index in [9.17, 15) is 26.0 Å². The number of sulfone groups is 1. The lowest BCUT2D eigenvalue weighted by Gasteiger charge is -2.18. The first-order chi connectivity index (χ1) is 14.6. The molecule has 0 aliphatic rings. The van der Waals surface area contributed by atoms with Crippen LogP contribution in [0.25, 0.3) is 0 Å². The van der Waals surface area contributed by atoms with E-state index in [0.29, 0.717) is 11.1 Å². The molecule has 0 unspecified atom stereocenters. The van der Waals surface area contributed by atoms with Gasteiger partial charge < -0.3 is 0 Å². The van der Waals surface area contributed by atoms with Crippen molar-refractivity contribution in [3.63, 3.8) is 0 Å². The summed E-state index contributed by atoms with van der Waals surface area (Å²) < 4.78 is 63.8. The van der Waals surface area contributed by atoms with E-state index < -0.39 is 37.5 Å². The summed E-state index contributed by atoms with van der Waals surface area (Å²) >= 11 is 0. The van der Waals surface area contributed by atoms with Crippen LogP contribution in [0.1, 0.15) is 17.0 Å². The molecule has 1 N–H and O–H groups in total. The molecule has 1 atom stereocenters. The zero-order valence-corrected chi connectivity index (χ0v) is 18.2. The molecule has 0 heterocycles. The molecule has 1 amide bonds. The molecule has 3 aromatic rings. The number of halogens is 1. The van der Waals surface area contributed by atoms with E-state index in [0.717, 1.165) is 18.4 Å². The number of hydrogen-bond acceptors (Lipinski definition) is 5. The fraction of sp³-hybridized carbons (Fsp3) is 0.136. The van der Waals surface area contributed by atoms with Gasteiger partial charge in [-0.25, -0.2) is 25.9 Å². The van der Waals surface area contributed by atoms with Gasteiger partial charge in [0.1, 0.15) is 5.82 Å². The van der Waals surface area contributed by atoms with Crippen molar-refractivity contribution >= 4 is 25.8 Å². The van der Waals surface area contributed by atoms with Gasteiger partial charge in [0.15, 0.2) is 9.84 Å². The molecule has 0 radical (unpaired) electrons. The number of sulfonamides is 1. The average molecular weight is 462 g/mol. The van der Waals surface area contributed by atoms with Crippen LogP contribution in [0, 0.1) is 5.82 Å². The Morgan fingerprint density at radius 2 is 1.39 bits per heavy atom. The smallest absolute Gasteiger partial charge is 0.264 e. The summed E-state index contributed by atoms with van der Waals surface area (Å²) in [4.78, 5) is 12.7. The highest BCUT2D eigenvalue weighted by Gasteiger charge is 2.26. The number of amides is 1. The average Bonchev–Trinajstić information content (AvgIpc) is 2.73. The van der Waals surface area contributed by atoms with Gasteiger partial charge in [-0.1, -0.05) is 42.5 Å². The van der Waals surface area contributed by atoms with E-state index in [2.05, 4.69) is 4.72 Å². The first-order valence-electron chi connectivity index (χ1n) is 9.22. The predicted octanol–water partition coefficient (Wildman–Crippen LogP) is 3.06. The normalized spacial score (nSPS) is 12.8. The van der Waals surface area contributed by atoms with Crippen LogP contribution >= 0.6 is 0 Å². The maximum absolute atomic E-state index is 13.2. The molecule has 0 saturated carbocycles. The molecule has 0 saturated heterocycles. The number of carbonyl (C=O) groups is 1. The lowest BCUT2D eigenvalue weighted by molar-refractivity contribution is -0.120. The van der Waals surface area contributed by atoms with Gasteiger partial charge in [-0.2, -0.15) is 0 Å². The Bertz CT molecular complexity index is 1270. The summed E-state index contributed by atoms with van der Waals surface area (Å²) in [5, 5.41) is 0. The second kappa shape index (κ2) is 8.99. The third kappa shape index (κ3) is 5.77. The minimum atomic E-state index is -4.23. The molecule has 6 nitrogen and oxygen atoms in total. The van der Waals surface area contributed by atoms with Crippen molar-refractivity contribution in [2.24, 2.45) is 0 Å². The summed E-state index contributed by atoms with van der Waals surface area (Å²) in [5.74, 6) is -2.00. The van der Waals surface area contributed by atoms with E-state index in [-0.39, 0.29) is 16.2 Å². The molecule has 0 bridgehead atoms. The molecule has 0 aliphatic heterocycles. The minimum Gasteiger partial charge on any atom is -0.273 e. The Hall–Kier alpha value is -3.04. The second-order valence-corrected chi connectivity index (χ2v) is 10.7. The van der Waals surface area contributed by atoms with Crippen molar-refractivity contribution in [3.8, 4) is 0 Å². The monoisotopic (exact) mass is 461 g/mol. The summed E-state index contributed by atoms with van der Waals surface area (Å²) in [5.41, 5.74) is 1.27. The van der Waals surface area contributed by atoms with Crippen LogP contribution in [0.4, 0.5) is 4.39 Å². The largest absolute Gasteiger partial charge is 0.273 e. The van der Waals surface area contributed by atoms with Crippen molar-refractivity contribution in [2.45, 2.75) is 22.1 Å². The molecular weight excluding hydrogens is 441 g/mol. The first kappa shape index (κ1) is 22.6. The fourth-order valence-electron chi connectivity index (χ4n) is 3.03. The standard InChI is InChI=1S/C22H20FNO5S2/c1-30(26,27)19-11-13-20(14-12-19)31(28,29)24-22(25)21(17-5-3-2-4-6-17)15-16-7-9-18(23)10-8-16/h2-14,21H,15H2,1H3,(H,24,25)/t21-/m1/s1. The van der Waals surface area contributed by atoms with Crippen LogP contribution in [0.15, 0.2) is 88.7 Å². The first-order valence-corrected chi connectivity index (χ1v) is 12.6. The molecule has 0 spiro atoms. The zero-order chi connectivity index (χ0) is 22.6. The van der Waals surface area contributed by atoms with Gasteiger partial charge >= 0.3 is 0 Å². The Morgan fingerprint density at radius 1 is 0.839 bits per heavy atom. The van der Waals surface area contributed by atoms with Crippen LogP contribution in [-0.2, 0) is 31.1 Å². The van der Waals surface area contributed by atoms with Gasteiger partial charge in [-0.3, -0.25) is 4.79 Å². The molecule has 162 valence electrons. The van der Waals surface area contributed by atoms with Gasteiger partial charge in [-0.05, 0) is 53.9 Å². The number of rotatable bonds is 7. The van der Waals surface area contributed by atoms with Crippen LogP contribution in [0.2, 0.25) is 0 Å². The summed E-state index contributed by atoms with van der Waals surface area (Å²) in [7, 11) is -7.71. The number of nitrogens with one attached hydrogen (secondary N) is 1. The highest BCUT2D eigenvalue weighted by molar-refractivity contribution is 7.91. The van der Waals surface area contributed by atoms with Crippen LogP contribution in [0.3, 0.4) is 0 Å². The molecule has 3 aromatic carbocycles. The number of benzene rings is 3. The zero-order valence-electron chi connectivity index (χ0n) is 16.5. The van der Waals surface area contributed by atoms with Gasteiger partial charge in [0.25, 0.3) is 10.0 Å². The SMILES string of the molecule is CS(=O)(=O)c1ccc(S(=O)(=O)NC(=O)[C@H](Cc2ccc(F)cc2)c2ccccc2)cc1. The molecule has 0 aromatic heterocycles. The van der Waals surface area contributed by atoms with E-state index >= 15 is 0 Å². The Kier molecular flexibility index (Phi) is 6.56. The highest BCUT2D eigenvalue weighted by atomic mass is 32.2. The predicted molar refractivity (Wildman–Crippen MR) is 114 cm³/mol. The molecule has 0 aliphatic carbocycles. The third-order valence-electron chi connectivity index (χ3n) is 4.67. The Labute approximate surface area is 180 Å². The summed E-state index contributed by atoms with van der Waals surface area (Å²) in [6, 6.07) is 18.9. The number of carbonyl (C=O) groups excluding carboxylic acids is 1. The van der Waals surface area contributed by atoms with E-state index in [1.54, 1.807) is 30.3 Å². The van der Waals surface area contributed by atoms with Crippen molar-refractivity contribution in [2.75, 3.05) is 6.26 Å².